The third-order valence-corrected chi connectivity index (χ3v) is 8.37. The summed E-state index contributed by atoms with van der Waals surface area (Å²) in [4.78, 5) is 15.3. The second-order valence-electron chi connectivity index (χ2n) is 11.5. The average Bonchev–Trinajstić information content (AvgIpc) is 2.82. The van der Waals surface area contributed by atoms with Crippen LogP contribution in [-0.2, 0) is 11.2 Å². The number of rotatable bonds is 4. The summed E-state index contributed by atoms with van der Waals surface area (Å²) >= 11 is 0. The van der Waals surface area contributed by atoms with E-state index in [0.717, 1.165) is 62.0 Å². The molecule has 3 heterocycles. The second-order valence-corrected chi connectivity index (χ2v) is 11.5. The Kier molecular flexibility index (Phi) is 6.18. The van der Waals surface area contributed by atoms with Crippen molar-refractivity contribution in [1.29, 1.82) is 0 Å². The quantitative estimate of drug-likeness (QED) is 0.565. The van der Waals surface area contributed by atoms with Crippen molar-refractivity contribution in [2.24, 2.45) is 11.3 Å². The summed E-state index contributed by atoms with van der Waals surface area (Å²) in [5.41, 5.74) is 4.56. The minimum absolute atomic E-state index is 0.0402. The Balaban J connectivity index is 1.38. The van der Waals surface area contributed by atoms with Gasteiger partial charge in [-0.2, -0.15) is 0 Å². The van der Waals surface area contributed by atoms with Crippen LogP contribution >= 0.6 is 0 Å². The lowest BCUT2D eigenvalue weighted by Gasteiger charge is -2.44. The van der Waals surface area contributed by atoms with Crippen molar-refractivity contribution in [3.8, 4) is 11.1 Å². The van der Waals surface area contributed by atoms with Crippen LogP contribution in [0.3, 0.4) is 0 Å². The molecular weight excluding hydrogens is 427 g/mol. The summed E-state index contributed by atoms with van der Waals surface area (Å²) in [6.45, 7) is 11.7. The zero-order chi connectivity index (χ0) is 24.0. The molecule has 3 fully saturated rings. The first kappa shape index (κ1) is 23.3. The highest BCUT2D eigenvalue weighted by molar-refractivity contribution is 5.70. The number of benzene rings is 2. The van der Waals surface area contributed by atoms with E-state index in [0.29, 0.717) is 17.4 Å². The Morgan fingerprint density at radius 2 is 1.85 bits per heavy atom. The van der Waals surface area contributed by atoms with Crippen LogP contribution in [0.25, 0.3) is 11.1 Å². The van der Waals surface area contributed by atoms with Gasteiger partial charge in [0.2, 0.25) is 0 Å². The van der Waals surface area contributed by atoms with Crippen LogP contribution in [0.5, 0.6) is 0 Å². The molecule has 4 aliphatic rings. The molecule has 1 N–H and O–H groups in total. The summed E-state index contributed by atoms with van der Waals surface area (Å²) in [7, 11) is 0. The van der Waals surface area contributed by atoms with Crippen molar-refractivity contribution in [2.75, 3.05) is 19.6 Å². The fourth-order valence-corrected chi connectivity index (χ4v) is 6.02. The fourth-order valence-electron chi connectivity index (χ4n) is 6.02. The normalized spacial score (nSPS) is 27.4. The van der Waals surface area contributed by atoms with Crippen LogP contribution in [-0.4, -0.2) is 36.7 Å². The first-order valence-corrected chi connectivity index (χ1v) is 12.8. The second kappa shape index (κ2) is 8.99. The van der Waals surface area contributed by atoms with Crippen LogP contribution < -0.4 is 5.32 Å². The molecule has 34 heavy (non-hydrogen) atoms. The van der Waals surface area contributed by atoms with Crippen LogP contribution in [0.4, 0.5) is 9.18 Å². The predicted octanol–water partition coefficient (Wildman–Crippen LogP) is 6.45. The number of nitrogens with one attached hydrogen (secondary N) is 1. The Morgan fingerprint density at radius 1 is 1.15 bits per heavy atom. The van der Waals surface area contributed by atoms with E-state index < -0.39 is 0 Å². The number of hydrogen-bond acceptors (Lipinski definition) is 3. The van der Waals surface area contributed by atoms with Gasteiger partial charge in [0.1, 0.15) is 11.9 Å². The van der Waals surface area contributed by atoms with E-state index in [1.807, 2.05) is 18.2 Å². The van der Waals surface area contributed by atoms with Crippen molar-refractivity contribution in [3.05, 3.63) is 58.9 Å². The van der Waals surface area contributed by atoms with Crippen LogP contribution in [0, 0.1) is 17.2 Å². The molecule has 2 aromatic carbocycles. The molecule has 0 saturated carbocycles. The minimum atomic E-state index is -0.376. The van der Waals surface area contributed by atoms with Gasteiger partial charge in [-0.1, -0.05) is 52.0 Å². The Hall–Kier alpha value is -2.40. The number of ether oxygens (including phenoxy) is 1. The van der Waals surface area contributed by atoms with Crippen LogP contribution in [0.2, 0.25) is 0 Å². The number of amides is 1. The molecule has 2 atom stereocenters. The summed E-state index contributed by atoms with van der Waals surface area (Å²) in [6, 6.07) is 11.5. The molecule has 6 rings (SSSR count). The average molecular weight is 465 g/mol. The highest BCUT2D eigenvalue weighted by Crippen LogP contribution is 2.45. The molecule has 2 bridgehead atoms. The molecule has 4 nitrogen and oxygen atoms in total. The maximum Gasteiger partial charge on any atom is 0.407 e. The molecule has 3 saturated heterocycles. The predicted molar refractivity (Wildman–Crippen MR) is 133 cm³/mol. The van der Waals surface area contributed by atoms with Crippen molar-refractivity contribution in [2.45, 2.75) is 71.4 Å². The molecule has 1 aliphatic carbocycles. The summed E-state index contributed by atoms with van der Waals surface area (Å²) < 4.78 is 21.3. The SMILES string of the molecule is CC(C)c1ccc(-c2cc3c(cc2F)[C@H](NC(=O)O[C@H]2CN4CCC2CC4)C(C)(C)CC3)cc1. The van der Waals surface area contributed by atoms with E-state index in [2.05, 4.69) is 50.0 Å². The van der Waals surface area contributed by atoms with E-state index in [1.165, 1.54) is 5.56 Å². The van der Waals surface area contributed by atoms with E-state index in [4.69, 9.17) is 4.74 Å². The van der Waals surface area contributed by atoms with Crippen LogP contribution in [0.15, 0.2) is 36.4 Å². The first-order valence-electron chi connectivity index (χ1n) is 12.8. The molecule has 0 aromatic heterocycles. The van der Waals surface area contributed by atoms with Gasteiger partial charge in [0, 0.05) is 12.1 Å². The topological polar surface area (TPSA) is 41.6 Å². The monoisotopic (exact) mass is 464 g/mol. The number of piperidine rings is 3. The molecule has 182 valence electrons. The minimum Gasteiger partial charge on any atom is -0.445 e. The van der Waals surface area contributed by atoms with E-state index >= 15 is 4.39 Å². The fraction of sp³-hybridized carbons (Fsp3) is 0.552. The number of hydrogen-bond donors (Lipinski definition) is 1. The lowest BCUT2D eigenvalue weighted by molar-refractivity contribution is -0.0353. The van der Waals surface area contributed by atoms with E-state index in [-0.39, 0.29) is 29.5 Å². The third kappa shape index (κ3) is 4.47. The Morgan fingerprint density at radius 3 is 2.47 bits per heavy atom. The molecular formula is C29H37FN2O2. The van der Waals surface area contributed by atoms with Gasteiger partial charge in [0.05, 0.1) is 6.04 Å². The van der Waals surface area contributed by atoms with Gasteiger partial charge < -0.3 is 10.1 Å². The number of aryl methyl sites for hydroxylation is 1. The van der Waals surface area contributed by atoms with Crippen molar-refractivity contribution in [1.82, 2.24) is 10.2 Å². The first-order chi connectivity index (χ1) is 16.2. The number of fused-ring (bicyclic) bond motifs is 4. The van der Waals surface area contributed by atoms with Gasteiger partial charge in [-0.3, -0.25) is 4.90 Å². The summed E-state index contributed by atoms with van der Waals surface area (Å²) in [5, 5.41) is 3.13. The zero-order valence-corrected chi connectivity index (χ0v) is 20.9. The largest absolute Gasteiger partial charge is 0.445 e. The van der Waals surface area contributed by atoms with Gasteiger partial charge in [-0.25, -0.2) is 9.18 Å². The molecule has 5 heteroatoms. The van der Waals surface area contributed by atoms with Crippen LogP contribution in [0.1, 0.15) is 75.6 Å². The molecule has 2 aromatic rings. The molecule has 0 spiro atoms. The third-order valence-electron chi connectivity index (χ3n) is 8.37. The van der Waals surface area contributed by atoms with Gasteiger partial charge >= 0.3 is 6.09 Å². The van der Waals surface area contributed by atoms with Crippen molar-refractivity contribution < 1.29 is 13.9 Å². The molecule has 0 unspecified atom stereocenters. The Labute approximate surface area is 202 Å². The van der Waals surface area contributed by atoms with E-state index in [9.17, 15) is 4.79 Å². The van der Waals surface area contributed by atoms with Gasteiger partial charge in [-0.15, -0.1) is 0 Å². The summed E-state index contributed by atoms with van der Waals surface area (Å²) in [6.07, 6.45) is 3.57. The maximum absolute atomic E-state index is 15.4. The maximum atomic E-state index is 15.4. The number of carbonyl (C=O) groups excluding carboxylic acids is 1. The molecule has 0 radical (unpaired) electrons. The number of halogens is 1. The van der Waals surface area contributed by atoms with Gasteiger partial charge in [0.15, 0.2) is 0 Å². The van der Waals surface area contributed by atoms with Crippen molar-refractivity contribution in [3.63, 3.8) is 0 Å². The number of nitrogens with zero attached hydrogens (tertiary/aromatic N) is 1. The highest BCUT2D eigenvalue weighted by atomic mass is 19.1. The standard InChI is InChI=1S/C29H37FN2O2/c1-18(2)19-5-7-20(8-6-19)23-15-22-9-12-29(3,4)27(24(22)16-25(23)30)31-28(33)34-26-17-32-13-10-21(26)11-14-32/h5-8,15-16,18,21,26-27H,9-14,17H2,1-4H3,(H,31,33)/t26-,27-/m0/s1. The van der Waals surface area contributed by atoms with Gasteiger partial charge in [0.25, 0.3) is 0 Å². The zero-order valence-electron chi connectivity index (χ0n) is 20.9. The smallest absolute Gasteiger partial charge is 0.407 e. The molecule has 1 amide bonds. The lowest BCUT2D eigenvalue weighted by atomic mass is 9.70. The Bertz CT molecular complexity index is 1050. The van der Waals surface area contributed by atoms with Gasteiger partial charge in [-0.05, 0) is 90.4 Å². The highest BCUT2D eigenvalue weighted by Gasteiger charge is 2.40. The number of carbonyl (C=O) groups is 1. The summed E-state index contributed by atoms with van der Waals surface area (Å²) in [5.74, 6) is 0.660. The number of alkyl carbamates (subject to hydrolysis) is 1. The molecule has 3 aliphatic heterocycles. The van der Waals surface area contributed by atoms with Crippen molar-refractivity contribution >= 4 is 6.09 Å². The van der Waals surface area contributed by atoms with E-state index in [1.54, 1.807) is 6.07 Å². The lowest BCUT2D eigenvalue weighted by Crippen LogP contribution is -2.53.